The van der Waals surface area contributed by atoms with Crippen LogP contribution in [0.5, 0.6) is 0 Å². The van der Waals surface area contributed by atoms with E-state index >= 15 is 0 Å². The van der Waals surface area contributed by atoms with Gasteiger partial charge in [0.15, 0.2) is 5.03 Å². The van der Waals surface area contributed by atoms with Crippen LogP contribution in [0.2, 0.25) is 0 Å². The van der Waals surface area contributed by atoms with Crippen LogP contribution in [0, 0.1) is 0 Å². The number of nitrogens with zero attached hydrogens (tertiary/aromatic N) is 2. The van der Waals surface area contributed by atoms with Crippen LogP contribution in [0.3, 0.4) is 0 Å². The van der Waals surface area contributed by atoms with Gasteiger partial charge in [-0.1, -0.05) is 6.92 Å². The molecule has 0 amide bonds. The van der Waals surface area contributed by atoms with Gasteiger partial charge in [0.05, 0.1) is 12.4 Å². The van der Waals surface area contributed by atoms with Crippen LogP contribution in [-0.4, -0.2) is 35.4 Å². The average Bonchev–Trinajstić information content (AvgIpc) is 3.08. The quantitative estimate of drug-likeness (QED) is 0.516. The predicted octanol–water partition coefficient (Wildman–Crippen LogP) is 0.111. The molecular formula is C11H18N6O2S. The molecule has 0 spiro atoms. The number of nitrogens with one attached hydrogen (secondary N) is 4. The summed E-state index contributed by atoms with van der Waals surface area (Å²) in [4.78, 5) is 0. The molecule has 0 aliphatic heterocycles. The van der Waals surface area contributed by atoms with Crippen molar-refractivity contribution in [3.8, 4) is 0 Å². The number of hydrogen-bond donors (Lipinski definition) is 4. The highest BCUT2D eigenvalue weighted by atomic mass is 32.2. The van der Waals surface area contributed by atoms with Gasteiger partial charge in [0.2, 0.25) is 0 Å². The maximum absolute atomic E-state index is 12.2. The highest BCUT2D eigenvalue weighted by molar-refractivity contribution is 7.89. The summed E-state index contributed by atoms with van der Waals surface area (Å²) in [5.41, 5.74) is 1.39. The molecule has 2 aromatic rings. The highest BCUT2D eigenvalue weighted by Crippen LogP contribution is 2.12. The van der Waals surface area contributed by atoms with E-state index in [1.165, 1.54) is 6.20 Å². The molecule has 110 valence electrons. The molecule has 0 radical (unpaired) electrons. The summed E-state index contributed by atoms with van der Waals surface area (Å²) < 4.78 is 26.9. The van der Waals surface area contributed by atoms with E-state index < -0.39 is 10.0 Å². The minimum atomic E-state index is -3.61. The normalized spacial score (nSPS) is 11.8. The number of sulfonamides is 1. The molecular weight excluding hydrogens is 280 g/mol. The summed E-state index contributed by atoms with van der Waals surface area (Å²) in [6, 6.07) is 0. The molecule has 0 atom stereocenters. The van der Waals surface area contributed by atoms with Crippen molar-refractivity contribution in [2.75, 3.05) is 6.54 Å². The number of rotatable bonds is 8. The molecule has 4 N–H and O–H groups in total. The lowest BCUT2D eigenvalue weighted by Crippen LogP contribution is -2.25. The smallest absolute Gasteiger partial charge is 0.258 e. The molecule has 20 heavy (non-hydrogen) atoms. The van der Waals surface area contributed by atoms with Gasteiger partial charge < -0.3 is 5.32 Å². The molecule has 0 bridgehead atoms. The Morgan fingerprint density at radius 2 is 2.10 bits per heavy atom. The van der Waals surface area contributed by atoms with E-state index in [1.54, 1.807) is 12.4 Å². The monoisotopic (exact) mass is 298 g/mol. The zero-order chi connectivity index (χ0) is 14.4. The topological polar surface area (TPSA) is 116 Å². The molecule has 0 aliphatic carbocycles. The van der Waals surface area contributed by atoms with Gasteiger partial charge in [-0.05, 0) is 13.0 Å². The van der Waals surface area contributed by atoms with Gasteiger partial charge in [0.25, 0.3) is 10.0 Å². The Morgan fingerprint density at radius 3 is 2.80 bits per heavy atom. The maximum atomic E-state index is 12.2. The van der Waals surface area contributed by atoms with Gasteiger partial charge in [-0.3, -0.25) is 10.2 Å². The van der Waals surface area contributed by atoms with Crippen LogP contribution < -0.4 is 10.0 Å². The van der Waals surface area contributed by atoms with Crippen molar-refractivity contribution in [3.63, 3.8) is 0 Å². The standard InChI is InChI=1S/C11H18N6O2S/c1-2-3-12-7-10-8-15-17-11(10)20(18,19)16-6-9-4-13-14-5-9/h4-5,8,12,16H,2-3,6-7H2,1H3,(H,13,14)(H,15,17). The number of hydrogen-bond acceptors (Lipinski definition) is 5. The Morgan fingerprint density at radius 1 is 1.25 bits per heavy atom. The summed E-state index contributed by atoms with van der Waals surface area (Å²) >= 11 is 0. The van der Waals surface area contributed by atoms with Crippen molar-refractivity contribution in [2.45, 2.75) is 31.5 Å². The lowest BCUT2D eigenvalue weighted by atomic mass is 10.3. The Kier molecular flexibility index (Phi) is 4.88. The van der Waals surface area contributed by atoms with E-state index in [1.807, 2.05) is 6.92 Å². The summed E-state index contributed by atoms with van der Waals surface area (Å²) in [5.74, 6) is 0. The Hall–Kier alpha value is -1.71. The van der Waals surface area contributed by atoms with Crippen LogP contribution in [0.15, 0.2) is 23.6 Å². The lowest BCUT2D eigenvalue weighted by molar-refractivity contribution is 0.573. The largest absolute Gasteiger partial charge is 0.313 e. The van der Waals surface area contributed by atoms with Crippen LogP contribution >= 0.6 is 0 Å². The van der Waals surface area contributed by atoms with E-state index in [2.05, 4.69) is 30.4 Å². The first kappa shape index (κ1) is 14.7. The first-order valence-corrected chi connectivity index (χ1v) is 7.82. The zero-order valence-electron chi connectivity index (χ0n) is 11.2. The van der Waals surface area contributed by atoms with Crippen molar-refractivity contribution < 1.29 is 8.42 Å². The molecule has 0 saturated heterocycles. The summed E-state index contributed by atoms with van der Waals surface area (Å²) in [6.07, 6.45) is 5.71. The maximum Gasteiger partial charge on any atom is 0.258 e. The molecule has 8 nitrogen and oxygen atoms in total. The molecule has 0 unspecified atom stereocenters. The molecule has 0 saturated carbocycles. The third-order valence-electron chi connectivity index (χ3n) is 2.71. The number of aromatic nitrogens is 4. The highest BCUT2D eigenvalue weighted by Gasteiger charge is 2.20. The fraction of sp³-hybridized carbons (Fsp3) is 0.455. The third-order valence-corrected chi connectivity index (χ3v) is 4.13. The fourth-order valence-electron chi connectivity index (χ4n) is 1.68. The molecule has 9 heteroatoms. The SMILES string of the molecule is CCCNCc1cn[nH]c1S(=O)(=O)NCc1cn[nH]c1. The van der Waals surface area contributed by atoms with Crippen molar-refractivity contribution in [1.29, 1.82) is 0 Å². The second-order valence-corrected chi connectivity index (χ2v) is 6.04. The lowest BCUT2D eigenvalue weighted by Gasteiger charge is -2.06. The van der Waals surface area contributed by atoms with Crippen LogP contribution in [0.4, 0.5) is 0 Å². The molecule has 2 rings (SSSR count). The van der Waals surface area contributed by atoms with Crippen LogP contribution in [0.1, 0.15) is 24.5 Å². The molecule has 2 heterocycles. The van der Waals surface area contributed by atoms with E-state index in [-0.39, 0.29) is 11.6 Å². The fourth-order valence-corrected chi connectivity index (χ4v) is 2.83. The zero-order valence-corrected chi connectivity index (χ0v) is 12.0. The first-order valence-electron chi connectivity index (χ1n) is 6.33. The third kappa shape index (κ3) is 3.65. The molecule has 0 fully saturated rings. The van der Waals surface area contributed by atoms with E-state index in [9.17, 15) is 8.42 Å². The van der Waals surface area contributed by atoms with Crippen molar-refractivity contribution in [1.82, 2.24) is 30.4 Å². The van der Waals surface area contributed by atoms with Gasteiger partial charge in [-0.2, -0.15) is 10.2 Å². The van der Waals surface area contributed by atoms with Gasteiger partial charge in [0.1, 0.15) is 0 Å². The van der Waals surface area contributed by atoms with Crippen molar-refractivity contribution >= 4 is 10.0 Å². The summed E-state index contributed by atoms with van der Waals surface area (Å²) in [7, 11) is -3.61. The molecule has 0 aliphatic rings. The second kappa shape index (κ2) is 6.64. The molecule has 0 aromatic carbocycles. The summed E-state index contributed by atoms with van der Waals surface area (Å²) in [6.45, 7) is 3.52. The van der Waals surface area contributed by atoms with E-state index in [4.69, 9.17) is 0 Å². The predicted molar refractivity (Wildman–Crippen MR) is 73.2 cm³/mol. The Balaban J connectivity index is 2.03. The molecule has 2 aromatic heterocycles. The van der Waals surface area contributed by atoms with Gasteiger partial charge in [-0.25, -0.2) is 13.1 Å². The number of H-pyrrole nitrogens is 2. The van der Waals surface area contributed by atoms with Crippen LogP contribution in [0.25, 0.3) is 0 Å². The Bertz CT molecular complexity index is 619. The van der Waals surface area contributed by atoms with Crippen LogP contribution in [-0.2, 0) is 23.1 Å². The minimum Gasteiger partial charge on any atom is -0.313 e. The second-order valence-electron chi connectivity index (χ2n) is 4.33. The van der Waals surface area contributed by atoms with E-state index in [0.29, 0.717) is 12.1 Å². The first-order chi connectivity index (χ1) is 9.63. The van der Waals surface area contributed by atoms with Gasteiger partial charge in [0, 0.05) is 30.4 Å². The van der Waals surface area contributed by atoms with Crippen molar-refractivity contribution in [2.24, 2.45) is 0 Å². The Labute approximate surface area is 117 Å². The van der Waals surface area contributed by atoms with Gasteiger partial charge >= 0.3 is 0 Å². The summed E-state index contributed by atoms with van der Waals surface area (Å²) in [5, 5.41) is 16.0. The van der Waals surface area contributed by atoms with Gasteiger partial charge in [-0.15, -0.1) is 0 Å². The van der Waals surface area contributed by atoms with Crippen molar-refractivity contribution in [3.05, 3.63) is 29.7 Å². The average molecular weight is 298 g/mol. The van der Waals surface area contributed by atoms with E-state index in [0.717, 1.165) is 18.5 Å². The minimum absolute atomic E-state index is 0.101. The number of aromatic amines is 2.